The fourth-order valence-corrected chi connectivity index (χ4v) is 4.33. The summed E-state index contributed by atoms with van der Waals surface area (Å²) < 4.78 is 5.03. The van der Waals surface area contributed by atoms with Crippen LogP contribution in [0, 0.1) is 19.3 Å². The second kappa shape index (κ2) is 9.03. The van der Waals surface area contributed by atoms with Crippen LogP contribution < -0.4 is 10.6 Å². The summed E-state index contributed by atoms with van der Waals surface area (Å²) in [4.78, 5) is 13.5. The van der Waals surface area contributed by atoms with E-state index in [0.717, 1.165) is 28.8 Å². The van der Waals surface area contributed by atoms with E-state index in [1.165, 1.54) is 18.4 Å². The SMILES string of the molecule is C#CC(CC)(CC)NC(=S)Nc1sc(C)c(-c2ccccc2)c1C(=O)OC. The van der Waals surface area contributed by atoms with Gasteiger partial charge in [0.25, 0.3) is 0 Å². The number of ether oxygens (including phenoxy) is 1. The average Bonchev–Trinajstić information content (AvgIpc) is 3.01. The minimum absolute atomic E-state index is 0.391. The normalized spacial score (nSPS) is 10.8. The van der Waals surface area contributed by atoms with Gasteiger partial charge in [-0.2, -0.15) is 0 Å². The van der Waals surface area contributed by atoms with Crippen molar-refractivity contribution in [2.75, 3.05) is 12.4 Å². The van der Waals surface area contributed by atoms with Gasteiger partial charge in [0.2, 0.25) is 0 Å². The summed E-state index contributed by atoms with van der Waals surface area (Å²) >= 11 is 6.94. The van der Waals surface area contributed by atoms with Gasteiger partial charge in [0.05, 0.1) is 12.6 Å². The Hall–Kier alpha value is -2.36. The molecule has 2 N–H and O–H groups in total. The number of benzene rings is 1. The van der Waals surface area contributed by atoms with Gasteiger partial charge in [-0.05, 0) is 37.5 Å². The summed E-state index contributed by atoms with van der Waals surface area (Å²) in [7, 11) is 1.38. The van der Waals surface area contributed by atoms with E-state index in [-0.39, 0.29) is 0 Å². The maximum absolute atomic E-state index is 12.5. The van der Waals surface area contributed by atoms with E-state index in [1.54, 1.807) is 0 Å². The Morgan fingerprint density at radius 1 is 1.30 bits per heavy atom. The second-order valence-corrected chi connectivity index (χ2v) is 7.74. The molecule has 0 aliphatic heterocycles. The molecule has 2 aromatic rings. The highest BCUT2D eigenvalue weighted by Gasteiger charge is 2.27. The number of thiophene rings is 1. The molecule has 0 fully saturated rings. The van der Waals surface area contributed by atoms with Crippen molar-refractivity contribution in [3.8, 4) is 23.5 Å². The van der Waals surface area contributed by atoms with Crippen LogP contribution in [0.5, 0.6) is 0 Å². The van der Waals surface area contributed by atoms with Gasteiger partial charge in [0.1, 0.15) is 10.6 Å². The molecule has 0 unspecified atom stereocenters. The number of thiocarbonyl (C=S) groups is 1. The Morgan fingerprint density at radius 2 is 1.93 bits per heavy atom. The number of methoxy groups -OCH3 is 1. The summed E-state index contributed by atoms with van der Waals surface area (Å²) in [6, 6.07) is 9.77. The number of carbonyl (C=O) groups excluding carboxylic acids is 1. The molecule has 0 saturated heterocycles. The molecule has 0 atom stereocenters. The van der Waals surface area contributed by atoms with Crippen LogP contribution in [0.3, 0.4) is 0 Å². The Balaban J connectivity index is 2.42. The molecule has 0 spiro atoms. The lowest BCUT2D eigenvalue weighted by Gasteiger charge is -2.28. The highest BCUT2D eigenvalue weighted by molar-refractivity contribution is 7.80. The average molecular weight is 401 g/mol. The molecule has 0 amide bonds. The summed E-state index contributed by atoms with van der Waals surface area (Å²) in [5.74, 6) is 2.39. The Kier molecular flexibility index (Phi) is 7.00. The molecule has 27 heavy (non-hydrogen) atoms. The molecule has 1 heterocycles. The van der Waals surface area contributed by atoms with Gasteiger partial charge in [0.15, 0.2) is 5.11 Å². The van der Waals surface area contributed by atoms with Crippen molar-refractivity contribution < 1.29 is 9.53 Å². The summed E-state index contributed by atoms with van der Waals surface area (Å²) in [5, 5.41) is 7.42. The molecule has 2 rings (SSSR count). The van der Waals surface area contributed by atoms with Crippen LogP contribution in [-0.4, -0.2) is 23.7 Å². The zero-order chi connectivity index (χ0) is 20.0. The Labute approximate surface area is 170 Å². The lowest BCUT2D eigenvalue weighted by molar-refractivity contribution is 0.0603. The quantitative estimate of drug-likeness (QED) is 0.406. The molecular formula is C21H24N2O2S2. The van der Waals surface area contributed by atoms with Crippen molar-refractivity contribution in [1.82, 2.24) is 5.32 Å². The smallest absolute Gasteiger partial charge is 0.341 e. The van der Waals surface area contributed by atoms with Gasteiger partial charge in [-0.3, -0.25) is 0 Å². The number of aryl methyl sites for hydroxylation is 1. The van der Waals surface area contributed by atoms with Gasteiger partial charge in [-0.25, -0.2) is 4.79 Å². The van der Waals surface area contributed by atoms with Crippen LogP contribution in [0.4, 0.5) is 5.00 Å². The number of terminal acetylenes is 1. The molecule has 0 bridgehead atoms. The lowest BCUT2D eigenvalue weighted by Crippen LogP contribution is -2.48. The highest BCUT2D eigenvalue weighted by atomic mass is 32.1. The number of nitrogens with one attached hydrogen (secondary N) is 2. The maximum atomic E-state index is 12.5. The molecule has 0 radical (unpaired) electrons. The van der Waals surface area contributed by atoms with Gasteiger partial charge < -0.3 is 15.4 Å². The largest absolute Gasteiger partial charge is 0.465 e. The van der Waals surface area contributed by atoms with Crippen LogP contribution in [0.1, 0.15) is 41.9 Å². The fourth-order valence-electron chi connectivity index (χ4n) is 2.90. The number of esters is 1. The topological polar surface area (TPSA) is 50.4 Å². The third kappa shape index (κ3) is 4.49. The molecule has 0 aliphatic rings. The van der Waals surface area contributed by atoms with E-state index in [1.807, 2.05) is 51.1 Å². The van der Waals surface area contributed by atoms with Crippen molar-refractivity contribution in [2.24, 2.45) is 0 Å². The first-order valence-corrected chi connectivity index (χ1v) is 9.97. The number of rotatable bonds is 6. The number of anilines is 1. The van der Waals surface area contributed by atoms with Crippen molar-refractivity contribution in [3.05, 3.63) is 40.8 Å². The third-order valence-electron chi connectivity index (χ3n) is 4.60. The number of hydrogen-bond acceptors (Lipinski definition) is 4. The Bertz CT molecular complexity index is 862. The molecule has 6 heteroatoms. The van der Waals surface area contributed by atoms with Crippen molar-refractivity contribution >= 4 is 39.6 Å². The number of hydrogen-bond donors (Lipinski definition) is 2. The van der Waals surface area contributed by atoms with Crippen molar-refractivity contribution in [1.29, 1.82) is 0 Å². The minimum Gasteiger partial charge on any atom is -0.465 e. The fraction of sp³-hybridized carbons (Fsp3) is 0.333. The lowest BCUT2D eigenvalue weighted by atomic mass is 9.94. The van der Waals surface area contributed by atoms with Crippen LogP contribution in [0.25, 0.3) is 11.1 Å². The second-order valence-electron chi connectivity index (χ2n) is 6.11. The van der Waals surface area contributed by atoms with E-state index in [0.29, 0.717) is 15.7 Å². The van der Waals surface area contributed by atoms with E-state index >= 15 is 0 Å². The minimum atomic E-state index is -0.510. The first kappa shape index (κ1) is 20.9. The maximum Gasteiger partial charge on any atom is 0.341 e. The van der Waals surface area contributed by atoms with Crippen LogP contribution in [-0.2, 0) is 4.74 Å². The van der Waals surface area contributed by atoms with E-state index in [4.69, 9.17) is 23.4 Å². The van der Waals surface area contributed by atoms with Crippen LogP contribution in [0.15, 0.2) is 30.3 Å². The van der Waals surface area contributed by atoms with Gasteiger partial charge >= 0.3 is 5.97 Å². The summed E-state index contributed by atoms with van der Waals surface area (Å²) in [6.07, 6.45) is 7.18. The van der Waals surface area contributed by atoms with Crippen LogP contribution in [0.2, 0.25) is 0 Å². The third-order valence-corrected chi connectivity index (χ3v) is 5.82. The van der Waals surface area contributed by atoms with Gasteiger partial charge in [-0.15, -0.1) is 17.8 Å². The molecule has 142 valence electrons. The zero-order valence-corrected chi connectivity index (χ0v) is 17.6. The zero-order valence-electron chi connectivity index (χ0n) is 16.0. The number of carbonyl (C=O) groups is 1. The molecule has 1 aromatic heterocycles. The predicted molar refractivity (Wildman–Crippen MR) is 117 cm³/mol. The standard InChI is InChI=1S/C21H24N2O2S2/c1-6-21(7-2,8-3)23-20(26)22-18-17(19(24)25-5)16(14(4)27-18)15-12-10-9-11-13-15/h1,9-13H,7-8H2,2-5H3,(H2,22,23,26). The Morgan fingerprint density at radius 3 is 2.44 bits per heavy atom. The van der Waals surface area contributed by atoms with E-state index in [2.05, 4.69) is 16.6 Å². The summed E-state index contributed by atoms with van der Waals surface area (Å²) in [5.41, 5.74) is 1.78. The first-order valence-electron chi connectivity index (χ1n) is 8.75. The van der Waals surface area contributed by atoms with Gasteiger partial charge in [-0.1, -0.05) is 50.1 Å². The van der Waals surface area contributed by atoms with E-state index in [9.17, 15) is 4.79 Å². The monoisotopic (exact) mass is 400 g/mol. The molecule has 0 aliphatic carbocycles. The highest BCUT2D eigenvalue weighted by Crippen LogP contribution is 2.40. The molecule has 0 saturated carbocycles. The van der Waals surface area contributed by atoms with Gasteiger partial charge in [0, 0.05) is 10.4 Å². The molecule has 1 aromatic carbocycles. The van der Waals surface area contributed by atoms with Crippen molar-refractivity contribution in [3.63, 3.8) is 0 Å². The summed E-state index contributed by atoms with van der Waals surface area (Å²) in [6.45, 7) is 6.01. The van der Waals surface area contributed by atoms with Crippen molar-refractivity contribution in [2.45, 2.75) is 39.2 Å². The van der Waals surface area contributed by atoms with E-state index < -0.39 is 11.5 Å². The van der Waals surface area contributed by atoms with Crippen LogP contribution >= 0.6 is 23.6 Å². The molecule has 4 nitrogen and oxygen atoms in total. The first-order chi connectivity index (χ1) is 12.9. The predicted octanol–water partition coefficient (Wildman–Crippen LogP) is 4.99. The molecular weight excluding hydrogens is 376 g/mol.